The number of nitrogens with zero attached hydrogens (tertiary/aromatic N) is 1. The van der Waals surface area contributed by atoms with Crippen molar-refractivity contribution in [1.29, 1.82) is 0 Å². The van der Waals surface area contributed by atoms with E-state index in [4.69, 9.17) is 9.47 Å². The molecule has 1 atom stereocenters. The zero-order valence-electron chi connectivity index (χ0n) is 11.1. The van der Waals surface area contributed by atoms with Gasteiger partial charge in [0.25, 0.3) is 0 Å². The quantitative estimate of drug-likeness (QED) is 0.722. The minimum atomic E-state index is 0.368. The molecule has 2 heterocycles. The number of ether oxygens (including phenoxy) is 2. The van der Waals surface area contributed by atoms with Crippen LogP contribution >= 0.6 is 0 Å². The summed E-state index contributed by atoms with van der Waals surface area (Å²) in [7, 11) is 0. The van der Waals surface area contributed by atoms with Gasteiger partial charge in [-0.3, -0.25) is 4.90 Å². The van der Waals surface area contributed by atoms with E-state index in [1.165, 1.54) is 30.4 Å². The topological polar surface area (TPSA) is 21.7 Å². The van der Waals surface area contributed by atoms with Gasteiger partial charge in [-0.05, 0) is 48.9 Å². The standard InChI is InChI=1S/C16H19NO2/c1-2-4-14(5-3-1)17-7-6-12-8-15-16(19-11-18-15)9-13(12)10-17/h2,4,8-9,14H,1,3,5-7,10-11H2. The summed E-state index contributed by atoms with van der Waals surface area (Å²) < 4.78 is 11.0. The largest absolute Gasteiger partial charge is 0.454 e. The fourth-order valence-corrected chi connectivity index (χ4v) is 3.35. The lowest BCUT2D eigenvalue weighted by Gasteiger charge is -2.35. The lowest BCUT2D eigenvalue weighted by Crippen LogP contribution is -2.38. The summed E-state index contributed by atoms with van der Waals surface area (Å²) in [5, 5.41) is 0. The minimum Gasteiger partial charge on any atom is -0.454 e. The van der Waals surface area contributed by atoms with Crippen LogP contribution in [0.1, 0.15) is 30.4 Å². The second kappa shape index (κ2) is 4.57. The highest BCUT2D eigenvalue weighted by Crippen LogP contribution is 2.37. The summed E-state index contributed by atoms with van der Waals surface area (Å²) in [6.07, 6.45) is 9.72. The first kappa shape index (κ1) is 11.4. The molecule has 3 nitrogen and oxygen atoms in total. The molecule has 19 heavy (non-hydrogen) atoms. The molecule has 0 fully saturated rings. The maximum Gasteiger partial charge on any atom is 0.231 e. The first-order valence-electron chi connectivity index (χ1n) is 7.22. The Morgan fingerprint density at radius 3 is 2.74 bits per heavy atom. The van der Waals surface area contributed by atoms with Gasteiger partial charge in [-0.25, -0.2) is 0 Å². The molecule has 3 aliphatic rings. The van der Waals surface area contributed by atoms with Crippen molar-refractivity contribution in [1.82, 2.24) is 4.90 Å². The van der Waals surface area contributed by atoms with Gasteiger partial charge in [-0.15, -0.1) is 0 Å². The van der Waals surface area contributed by atoms with Crippen molar-refractivity contribution in [3.8, 4) is 11.5 Å². The van der Waals surface area contributed by atoms with Crippen molar-refractivity contribution >= 4 is 0 Å². The maximum atomic E-state index is 5.49. The van der Waals surface area contributed by atoms with Crippen LogP contribution in [0.15, 0.2) is 24.3 Å². The molecule has 0 radical (unpaired) electrons. The summed E-state index contributed by atoms with van der Waals surface area (Å²) in [5.41, 5.74) is 2.84. The van der Waals surface area contributed by atoms with E-state index in [9.17, 15) is 0 Å². The highest BCUT2D eigenvalue weighted by atomic mass is 16.7. The predicted molar refractivity (Wildman–Crippen MR) is 73.5 cm³/mol. The first-order chi connectivity index (χ1) is 9.40. The van der Waals surface area contributed by atoms with Gasteiger partial charge in [0.2, 0.25) is 6.79 Å². The second-order valence-corrected chi connectivity index (χ2v) is 5.62. The second-order valence-electron chi connectivity index (χ2n) is 5.62. The Morgan fingerprint density at radius 2 is 1.95 bits per heavy atom. The van der Waals surface area contributed by atoms with Crippen LogP contribution in [0.25, 0.3) is 0 Å². The molecule has 1 aliphatic carbocycles. The van der Waals surface area contributed by atoms with Crippen LogP contribution in [0.3, 0.4) is 0 Å². The van der Waals surface area contributed by atoms with Crippen LogP contribution in [-0.4, -0.2) is 24.3 Å². The van der Waals surface area contributed by atoms with Gasteiger partial charge in [0.15, 0.2) is 11.5 Å². The van der Waals surface area contributed by atoms with Gasteiger partial charge in [-0.2, -0.15) is 0 Å². The van der Waals surface area contributed by atoms with E-state index in [-0.39, 0.29) is 0 Å². The Bertz CT molecular complexity index is 524. The molecular weight excluding hydrogens is 238 g/mol. The molecular formula is C16H19NO2. The molecule has 4 rings (SSSR count). The summed E-state index contributed by atoms with van der Waals surface area (Å²) >= 11 is 0. The van der Waals surface area contributed by atoms with Crippen molar-refractivity contribution in [2.75, 3.05) is 13.3 Å². The molecule has 0 amide bonds. The van der Waals surface area contributed by atoms with Crippen LogP contribution < -0.4 is 9.47 Å². The summed E-state index contributed by atoms with van der Waals surface area (Å²) in [6, 6.07) is 4.98. The Morgan fingerprint density at radius 1 is 1.11 bits per heavy atom. The molecule has 0 N–H and O–H groups in total. The van der Waals surface area contributed by atoms with Gasteiger partial charge in [0.1, 0.15) is 0 Å². The van der Waals surface area contributed by atoms with Crippen LogP contribution in [0, 0.1) is 0 Å². The number of hydrogen-bond acceptors (Lipinski definition) is 3. The zero-order valence-corrected chi connectivity index (χ0v) is 11.1. The molecule has 0 spiro atoms. The molecule has 100 valence electrons. The molecule has 2 aliphatic heterocycles. The highest BCUT2D eigenvalue weighted by Gasteiger charge is 2.25. The highest BCUT2D eigenvalue weighted by molar-refractivity contribution is 5.49. The van der Waals surface area contributed by atoms with E-state index < -0.39 is 0 Å². The van der Waals surface area contributed by atoms with E-state index in [0.29, 0.717) is 12.8 Å². The van der Waals surface area contributed by atoms with Crippen molar-refractivity contribution < 1.29 is 9.47 Å². The smallest absolute Gasteiger partial charge is 0.231 e. The Labute approximate surface area is 113 Å². The minimum absolute atomic E-state index is 0.368. The SMILES string of the molecule is C1=CC(N2CCc3cc4c(cc3C2)OCO4)CCC1. The van der Waals surface area contributed by atoms with Gasteiger partial charge >= 0.3 is 0 Å². The average Bonchev–Trinajstić information content (AvgIpc) is 2.92. The van der Waals surface area contributed by atoms with Gasteiger partial charge < -0.3 is 9.47 Å². The van der Waals surface area contributed by atoms with Crippen molar-refractivity contribution in [3.63, 3.8) is 0 Å². The molecule has 0 aromatic heterocycles. The Balaban J connectivity index is 1.59. The first-order valence-corrected chi connectivity index (χ1v) is 7.22. The van der Waals surface area contributed by atoms with E-state index in [0.717, 1.165) is 31.0 Å². The monoisotopic (exact) mass is 257 g/mol. The molecule has 3 heteroatoms. The number of rotatable bonds is 1. The van der Waals surface area contributed by atoms with Crippen molar-refractivity contribution in [2.45, 2.75) is 38.3 Å². The number of hydrogen-bond donors (Lipinski definition) is 0. The van der Waals surface area contributed by atoms with Gasteiger partial charge in [0.05, 0.1) is 0 Å². The maximum absolute atomic E-state index is 5.49. The summed E-state index contributed by atoms with van der Waals surface area (Å²) in [6.45, 7) is 2.57. The molecule has 1 aromatic carbocycles. The van der Waals surface area contributed by atoms with Gasteiger partial charge in [-0.1, -0.05) is 12.2 Å². The van der Waals surface area contributed by atoms with Crippen LogP contribution in [-0.2, 0) is 13.0 Å². The Kier molecular flexibility index (Phi) is 2.73. The van der Waals surface area contributed by atoms with Gasteiger partial charge in [0, 0.05) is 19.1 Å². The molecule has 0 saturated heterocycles. The van der Waals surface area contributed by atoms with E-state index in [2.05, 4.69) is 29.2 Å². The van der Waals surface area contributed by atoms with Crippen LogP contribution in [0.5, 0.6) is 11.5 Å². The zero-order chi connectivity index (χ0) is 12.7. The summed E-state index contributed by atoms with van der Waals surface area (Å²) in [5.74, 6) is 1.84. The number of benzene rings is 1. The molecule has 1 aromatic rings. The fourth-order valence-electron chi connectivity index (χ4n) is 3.35. The lowest BCUT2D eigenvalue weighted by atomic mass is 9.94. The summed E-state index contributed by atoms with van der Waals surface area (Å²) in [4.78, 5) is 2.60. The van der Waals surface area contributed by atoms with E-state index in [1.807, 2.05) is 0 Å². The van der Waals surface area contributed by atoms with E-state index >= 15 is 0 Å². The molecule has 0 saturated carbocycles. The third-order valence-electron chi connectivity index (χ3n) is 4.43. The normalized spacial score (nSPS) is 25.4. The number of allylic oxidation sites excluding steroid dienone is 1. The Hall–Kier alpha value is -1.48. The molecule has 0 bridgehead atoms. The van der Waals surface area contributed by atoms with Crippen molar-refractivity contribution in [3.05, 3.63) is 35.4 Å². The van der Waals surface area contributed by atoms with E-state index in [1.54, 1.807) is 0 Å². The third kappa shape index (κ3) is 2.02. The fraction of sp³-hybridized carbons (Fsp3) is 0.500. The van der Waals surface area contributed by atoms with Crippen LogP contribution in [0.2, 0.25) is 0 Å². The molecule has 1 unspecified atom stereocenters. The van der Waals surface area contributed by atoms with Crippen molar-refractivity contribution in [2.24, 2.45) is 0 Å². The average molecular weight is 257 g/mol. The predicted octanol–water partition coefficient (Wildman–Crippen LogP) is 2.88. The third-order valence-corrected chi connectivity index (χ3v) is 4.43. The van der Waals surface area contributed by atoms with Crippen LogP contribution in [0.4, 0.5) is 0 Å². The number of fused-ring (bicyclic) bond motifs is 2. The lowest BCUT2D eigenvalue weighted by molar-refractivity contribution is 0.174.